The van der Waals surface area contributed by atoms with Crippen LogP contribution in [0.1, 0.15) is 0 Å². The van der Waals surface area contributed by atoms with Crippen molar-refractivity contribution in [1.82, 2.24) is 0 Å². The molecule has 0 saturated carbocycles. The molecule has 0 rings (SSSR count). The zero-order valence-corrected chi connectivity index (χ0v) is 3.06. The van der Waals surface area contributed by atoms with Gasteiger partial charge in [0.15, 0.2) is 0 Å². The van der Waals surface area contributed by atoms with Crippen molar-refractivity contribution in [2.24, 2.45) is 0 Å². The molecule has 2 nitrogen and oxygen atoms in total. The average Bonchev–Trinajstić information content (AvgIpc) is 0.918. The Morgan fingerprint density at radius 3 is 1.25 bits per heavy atom. The third-order valence-corrected chi connectivity index (χ3v) is 0. The van der Waals surface area contributed by atoms with Gasteiger partial charge in [0.05, 0.1) is 0 Å². The van der Waals surface area contributed by atoms with Crippen LogP contribution in [0.2, 0.25) is 0 Å². The molecule has 0 atom stereocenters. The van der Waals surface area contributed by atoms with E-state index in [1.807, 2.05) is 0 Å². The van der Waals surface area contributed by atoms with Crippen molar-refractivity contribution >= 4 is 7.69 Å². The fraction of sp³-hybridized carbons (Fsp3) is 0. The summed E-state index contributed by atoms with van der Waals surface area (Å²) in [7, 11) is -0.750. The fourth-order valence-electron chi connectivity index (χ4n) is 0. The summed E-state index contributed by atoms with van der Waals surface area (Å²) in [6, 6.07) is 0. The first-order chi connectivity index (χ1) is 1.41. The Morgan fingerprint density at radius 1 is 1.25 bits per heavy atom. The molecule has 4 heteroatoms. The van der Waals surface area contributed by atoms with Gasteiger partial charge in [0, 0.05) is 17.1 Å². The van der Waals surface area contributed by atoms with Gasteiger partial charge in [-0.3, -0.25) is 0 Å². The number of hydrogen-bond donors (Lipinski definition) is 2. The first-order valence-electron chi connectivity index (χ1n) is 0.632. The summed E-state index contributed by atoms with van der Waals surface area (Å²) in [4.78, 5) is 0. The summed E-state index contributed by atoms with van der Waals surface area (Å²) >= 11 is 0. The first kappa shape index (κ1) is 8.82. The summed E-state index contributed by atoms with van der Waals surface area (Å²) in [5.74, 6) is 0. The van der Waals surface area contributed by atoms with Gasteiger partial charge in [-0.2, -0.15) is 0 Å². The zero-order valence-electron chi connectivity index (χ0n) is 1.96. The van der Waals surface area contributed by atoms with E-state index in [0.29, 0.717) is 0 Å². The number of rotatable bonds is 0. The van der Waals surface area contributed by atoms with Crippen molar-refractivity contribution in [2.45, 2.75) is 0 Å². The monoisotopic (exact) mass is 102 g/mol. The van der Waals surface area contributed by atoms with E-state index in [0.717, 1.165) is 0 Å². The summed E-state index contributed by atoms with van der Waals surface area (Å²) < 4.78 is 0. The second-order valence-corrected chi connectivity index (χ2v) is 0.141. The molecule has 0 radical (unpaired) electrons. The van der Waals surface area contributed by atoms with Crippen LogP contribution in [0.4, 0.5) is 0 Å². The Bertz CT molecular complexity index is 6.00. The normalized spacial score (nSPS) is 3.50. The van der Waals surface area contributed by atoms with Crippen molar-refractivity contribution in [3.8, 4) is 0 Å². The minimum absolute atomic E-state index is 0. The molecule has 26 valence electrons. The van der Waals surface area contributed by atoms with Crippen molar-refractivity contribution in [1.29, 1.82) is 0 Å². The summed E-state index contributed by atoms with van der Waals surface area (Å²) in [5, 5.41) is 14.2. The van der Waals surface area contributed by atoms with Gasteiger partial charge in [-0.25, -0.2) is 0 Å². The molecule has 2 N–H and O–H groups in total. The van der Waals surface area contributed by atoms with Gasteiger partial charge in [0.25, 0.3) is 0 Å². The van der Waals surface area contributed by atoms with Crippen molar-refractivity contribution in [3.63, 3.8) is 0 Å². The van der Waals surface area contributed by atoms with E-state index >= 15 is 0 Å². The van der Waals surface area contributed by atoms with Crippen LogP contribution >= 0.6 is 0 Å². The molecule has 0 unspecified atom stereocenters. The molecule has 0 aromatic rings. The molecule has 0 bridgehead atoms. The predicted molar refractivity (Wildman–Crippen MR) is 11.6 cm³/mol. The summed E-state index contributed by atoms with van der Waals surface area (Å²) in [6.45, 7) is 0. The van der Waals surface area contributed by atoms with E-state index < -0.39 is 7.69 Å². The summed E-state index contributed by atoms with van der Waals surface area (Å²) in [6.07, 6.45) is 0. The van der Waals surface area contributed by atoms with Gasteiger partial charge in [-0.05, 0) is 0 Å². The molecule has 0 aliphatic heterocycles. The average molecular weight is 102 g/mol. The smallest absolute Gasteiger partial charge is 0.430 e. The van der Waals surface area contributed by atoms with E-state index in [2.05, 4.69) is 0 Å². The van der Waals surface area contributed by atoms with Gasteiger partial charge in [0.1, 0.15) is 0 Å². The van der Waals surface area contributed by atoms with Gasteiger partial charge < -0.3 is 10.0 Å². The fourth-order valence-corrected chi connectivity index (χ4v) is 0. The molecule has 0 aliphatic rings. The van der Waals surface area contributed by atoms with Crippen LogP contribution in [0.3, 0.4) is 0 Å². The predicted octanol–water partition coefficient (Wildman–Crippen LogP) is -1.77. The van der Waals surface area contributed by atoms with Crippen LogP contribution in [-0.2, 0) is 17.1 Å². The van der Waals surface area contributed by atoms with Gasteiger partial charge in [-0.1, -0.05) is 0 Å². The topological polar surface area (TPSA) is 40.5 Å². The van der Waals surface area contributed by atoms with Crippen LogP contribution in [-0.4, -0.2) is 17.7 Å². The SMILES string of the molecule is OBO.[Fe]. The van der Waals surface area contributed by atoms with Crippen molar-refractivity contribution in [2.75, 3.05) is 0 Å². The van der Waals surface area contributed by atoms with E-state index in [4.69, 9.17) is 10.0 Å². The molecule has 0 aromatic heterocycles. The Hall–Kier alpha value is 0.504. The maximum atomic E-state index is 7.12. The Kier molecular flexibility index (Phi) is 21.4. The van der Waals surface area contributed by atoms with E-state index in [-0.39, 0.29) is 17.1 Å². The van der Waals surface area contributed by atoms with E-state index in [9.17, 15) is 0 Å². The van der Waals surface area contributed by atoms with Crippen LogP contribution in [0, 0.1) is 0 Å². The van der Waals surface area contributed by atoms with E-state index in [1.165, 1.54) is 0 Å². The zero-order chi connectivity index (χ0) is 2.71. The first-order valence-corrected chi connectivity index (χ1v) is 0.632. The Balaban J connectivity index is 0. The van der Waals surface area contributed by atoms with Crippen molar-refractivity contribution in [3.05, 3.63) is 0 Å². The van der Waals surface area contributed by atoms with Gasteiger partial charge >= 0.3 is 7.69 Å². The van der Waals surface area contributed by atoms with Crippen molar-refractivity contribution < 1.29 is 27.1 Å². The van der Waals surface area contributed by atoms with E-state index in [1.54, 1.807) is 0 Å². The molecule has 0 aromatic carbocycles. The Morgan fingerprint density at radius 2 is 1.25 bits per heavy atom. The molecular formula is H3BFeO2. The second kappa shape index (κ2) is 9.71. The molecule has 0 aliphatic carbocycles. The minimum Gasteiger partial charge on any atom is -0.430 e. The molecule has 4 heavy (non-hydrogen) atoms. The molecular weight excluding hydrogens is 98.7 g/mol. The largest absolute Gasteiger partial charge is 0.432 e. The van der Waals surface area contributed by atoms with Gasteiger partial charge in [0.2, 0.25) is 0 Å². The summed E-state index contributed by atoms with van der Waals surface area (Å²) in [5.41, 5.74) is 0. The third-order valence-electron chi connectivity index (χ3n) is 0. The third kappa shape index (κ3) is 22.3. The van der Waals surface area contributed by atoms with Crippen LogP contribution in [0.25, 0.3) is 0 Å². The van der Waals surface area contributed by atoms with Gasteiger partial charge in [-0.15, -0.1) is 0 Å². The van der Waals surface area contributed by atoms with Crippen LogP contribution in [0.15, 0.2) is 0 Å². The maximum Gasteiger partial charge on any atom is 0.432 e. The minimum atomic E-state index is -0.750. The van der Waals surface area contributed by atoms with Crippen LogP contribution < -0.4 is 0 Å². The second-order valence-electron chi connectivity index (χ2n) is 0.141. The number of hydrogen-bond acceptors (Lipinski definition) is 2. The standard InChI is InChI=1S/BH3O2.Fe/c2-1-3;/h1-3H;. The molecule has 0 heterocycles. The molecule has 0 amide bonds. The Labute approximate surface area is 35.6 Å². The quantitative estimate of drug-likeness (QED) is 0.355. The molecule has 0 fully saturated rings. The molecule has 0 spiro atoms. The molecule has 0 saturated heterocycles. The van der Waals surface area contributed by atoms with Crippen LogP contribution in [0.5, 0.6) is 0 Å². The maximum absolute atomic E-state index is 7.12.